The maximum atomic E-state index is 6.28. The quantitative estimate of drug-likeness (QED) is 0.810. The van der Waals surface area contributed by atoms with Gasteiger partial charge in [-0.1, -0.05) is 11.6 Å². The summed E-state index contributed by atoms with van der Waals surface area (Å²) in [5, 5.41) is 2.49. The third-order valence-corrected chi connectivity index (χ3v) is 4.55. The van der Waals surface area contributed by atoms with E-state index in [2.05, 4.69) is 16.9 Å². The van der Waals surface area contributed by atoms with Gasteiger partial charge in [-0.05, 0) is 49.5 Å². The van der Waals surface area contributed by atoms with Crippen LogP contribution in [0, 0.1) is 0 Å². The lowest BCUT2D eigenvalue weighted by Crippen LogP contribution is -2.18. The van der Waals surface area contributed by atoms with Gasteiger partial charge in [0.05, 0.1) is 14.2 Å². The third kappa shape index (κ3) is 2.43. The number of methoxy groups -OCH3 is 2. The Morgan fingerprint density at radius 3 is 2.43 bits per heavy atom. The lowest BCUT2D eigenvalue weighted by atomic mass is 9.99. The Bertz CT molecular complexity index is 675. The number of rotatable bonds is 3. The van der Waals surface area contributed by atoms with E-state index in [9.17, 15) is 0 Å². The Morgan fingerprint density at radius 2 is 1.86 bits per heavy atom. The van der Waals surface area contributed by atoms with Crippen LogP contribution in [0.2, 0.25) is 5.15 Å². The van der Waals surface area contributed by atoms with E-state index < -0.39 is 0 Å². The topological polar surface area (TPSA) is 34.6 Å². The van der Waals surface area contributed by atoms with E-state index >= 15 is 0 Å². The summed E-state index contributed by atoms with van der Waals surface area (Å²) in [5.41, 5.74) is 1.20. The Labute approximate surface area is 129 Å². The molecular weight excluding hydrogens is 288 g/mol. The van der Waals surface area contributed by atoms with E-state index in [1.165, 1.54) is 12.0 Å². The zero-order valence-electron chi connectivity index (χ0n) is 12.5. The van der Waals surface area contributed by atoms with Crippen LogP contribution in [0.25, 0.3) is 10.8 Å². The van der Waals surface area contributed by atoms with Gasteiger partial charge in [-0.2, -0.15) is 0 Å². The van der Waals surface area contributed by atoms with Crippen LogP contribution in [0.1, 0.15) is 24.4 Å². The van der Waals surface area contributed by atoms with Crippen LogP contribution in [-0.2, 0) is 0 Å². The molecule has 21 heavy (non-hydrogen) atoms. The number of hydrogen-bond acceptors (Lipinski definition) is 4. The third-order valence-electron chi connectivity index (χ3n) is 4.25. The maximum Gasteiger partial charge on any atom is 0.161 e. The molecule has 1 aromatic carbocycles. The smallest absolute Gasteiger partial charge is 0.161 e. The molecule has 0 unspecified atom stereocenters. The summed E-state index contributed by atoms with van der Waals surface area (Å²) >= 11 is 6.28. The largest absolute Gasteiger partial charge is 0.493 e. The van der Waals surface area contributed by atoms with Crippen LogP contribution in [0.3, 0.4) is 0 Å². The highest BCUT2D eigenvalue weighted by molar-refractivity contribution is 6.34. The Morgan fingerprint density at radius 1 is 1.19 bits per heavy atom. The second-order valence-corrected chi connectivity index (χ2v) is 5.75. The molecule has 0 spiro atoms. The lowest BCUT2D eigenvalue weighted by molar-refractivity contribution is 0.318. The van der Waals surface area contributed by atoms with Crippen LogP contribution in [0.4, 0.5) is 0 Å². The number of likely N-dealkylation sites (tertiary alicyclic amines) is 1. The lowest BCUT2D eigenvalue weighted by Gasteiger charge is -2.22. The Hall–Kier alpha value is -1.52. The van der Waals surface area contributed by atoms with Gasteiger partial charge in [0.2, 0.25) is 0 Å². The molecule has 2 heterocycles. The summed E-state index contributed by atoms with van der Waals surface area (Å²) in [6.45, 7) is 1.11. The first kappa shape index (κ1) is 14.4. The van der Waals surface area contributed by atoms with Crippen LogP contribution >= 0.6 is 11.6 Å². The predicted octanol–water partition coefficient (Wildman–Crippen LogP) is 3.67. The summed E-state index contributed by atoms with van der Waals surface area (Å²) in [6, 6.07) is 4.29. The number of fused-ring (bicyclic) bond motifs is 1. The van der Waals surface area contributed by atoms with Crippen molar-refractivity contribution in [2.24, 2.45) is 0 Å². The molecule has 1 aliphatic heterocycles. The van der Waals surface area contributed by atoms with Crippen LogP contribution < -0.4 is 9.47 Å². The van der Waals surface area contributed by atoms with Crippen LogP contribution in [0.5, 0.6) is 11.5 Å². The normalized spacial score (nSPS) is 19.1. The van der Waals surface area contributed by atoms with E-state index in [1.807, 2.05) is 18.3 Å². The summed E-state index contributed by atoms with van der Waals surface area (Å²) in [4.78, 5) is 6.72. The highest BCUT2D eigenvalue weighted by atomic mass is 35.5. The first-order valence-corrected chi connectivity index (χ1v) is 7.44. The fourth-order valence-electron chi connectivity index (χ4n) is 3.12. The standard InChI is InChI=1S/C16H19ClN2O2/c1-19-6-4-5-13(19)12-9-18-16(17)11-8-15(21-3)14(20-2)7-10(11)12/h7-9,13H,4-6H2,1-3H3/t13-/m0/s1. The SMILES string of the molecule is COc1cc2c([C@@H]3CCCN3C)cnc(Cl)c2cc1OC. The van der Waals surface area contributed by atoms with E-state index in [-0.39, 0.29) is 0 Å². The van der Waals surface area contributed by atoms with Crippen molar-refractivity contribution in [2.45, 2.75) is 18.9 Å². The van der Waals surface area contributed by atoms with Crippen molar-refractivity contribution in [2.75, 3.05) is 27.8 Å². The number of benzene rings is 1. The highest BCUT2D eigenvalue weighted by Crippen LogP contribution is 2.40. The zero-order valence-corrected chi connectivity index (χ0v) is 13.3. The molecular formula is C16H19ClN2O2. The van der Waals surface area contributed by atoms with Crippen molar-refractivity contribution in [3.05, 3.63) is 29.0 Å². The molecule has 4 nitrogen and oxygen atoms in total. The molecule has 0 amide bonds. The molecule has 0 N–H and O–H groups in total. The molecule has 0 saturated carbocycles. The first-order valence-electron chi connectivity index (χ1n) is 7.06. The molecule has 112 valence electrons. The predicted molar refractivity (Wildman–Crippen MR) is 84.5 cm³/mol. The molecule has 0 bridgehead atoms. The molecule has 1 fully saturated rings. The second-order valence-electron chi connectivity index (χ2n) is 5.40. The molecule has 0 aliphatic carbocycles. The summed E-state index contributed by atoms with van der Waals surface area (Å²) in [5.74, 6) is 1.39. The zero-order chi connectivity index (χ0) is 15.0. The molecule has 1 atom stereocenters. The van der Waals surface area contributed by atoms with Crippen LogP contribution in [-0.4, -0.2) is 37.7 Å². The average molecular weight is 307 g/mol. The van der Waals surface area contributed by atoms with Gasteiger partial charge in [-0.15, -0.1) is 0 Å². The fourth-order valence-corrected chi connectivity index (χ4v) is 3.33. The minimum absolute atomic E-state index is 0.385. The molecule has 5 heteroatoms. The first-order chi connectivity index (χ1) is 10.2. The maximum absolute atomic E-state index is 6.28. The van der Waals surface area contributed by atoms with E-state index in [1.54, 1.807) is 14.2 Å². The summed E-state index contributed by atoms with van der Waals surface area (Å²) < 4.78 is 10.8. The van der Waals surface area contributed by atoms with Gasteiger partial charge in [0.25, 0.3) is 0 Å². The van der Waals surface area contributed by atoms with Crippen molar-refractivity contribution < 1.29 is 9.47 Å². The number of nitrogens with zero attached hydrogens (tertiary/aromatic N) is 2. The molecule has 1 saturated heterocycles. The van der Waals surface area contributed by atoms with Crippen molar-refractivity contribution in [3.8, 4) is 11.5 Å². The fraction of sp³-hybridized carbons (Fsp3) is 0.438. The van der Waals surface area contributed by atoms with Crippen molar-refractivity contribution in [3.63, 3.8) is 0 Å². The molecule has 1 aromatic heterocycles. The Kier molecular flexibility index (Phi) is 3.91. The van der Waals surface area contributed by atoms with Crippen molar-refractivity contribution in [1.29, 1.82) is 0 Å². The average Bonchev–Trinajstić information content (AvgIpc) is 2.92. The molecule has 2 aromatic rings. The van der Waals surface area contributed by atoms with Gasteiger partial charge >= 0.3 is 0 Å². The second kappa shape index (κ2) is 5.70. The minimum atomic E-state index is 0.385. The van der Waals surface area contributed by atoms with Crippen molar-refractivity contribution in [1.82, 2.24) is 9.88 Å². The molecule has 1 aliphatic rings. The van der Waals surface area contributed by atoms with Gasteiger partial charge in [-0.25, -0.2) is 4.98 Å². The molecule has 3 rings (SSSR count). The number of hydrogen-bond donors (Lipinski definition) is 0. The number of pyridine rings is 1. The molecule has 0 radical (unpaired) electrons. The van der Waals surface area contributed by atoms with Gasteiger partial charge in [0.1, 0.15) is 5.15 Å². The number of aromatic nitrogens is 1. The van der Waals surface area contributed by atoms with Crippen LogP contribution in [0.15, 0.2) is 18.3 Å². The monoisotopic (exact) mass is 306 g/mol. The summed E-state index contributed by atoms with van der Waals surface area (Å²) in [7, 11) is 5.42. The van der Waals surface area contributed by atoms with E-state index in [4.69, 9.17) is 21.1 Å². The highest BCUT2D eigenvalue weighted by Gasteiger charge is 2.25. The number of halogens is 1. The van der Waals surface area contributed by atoms with E-state index in [0.717, 1.165) is 23.7 Å². The Balaban J connectivity index is 2.24. The number of ether oxygens (including phenoxy) is 2. The van der Waals surface area contributed by atoms with Gasteiger partial charge in [-0.3, -0.25) is 4.90 Å². The summed E-state index contributed by atoms with van der Waals surface area (Å²) in [6.07, 6.45) is 4.24. The van der Waals surface area contributed by atoms with Gasteiger partial charge in [0.15, 0.2) is 11.5 Å². The van der Waals surface area contributed by atoms with Gasteiger partial charge < -0.3 is 9.47 Å². The van der Waals surface area contributed by atoms with Crippen molar-refractivity contribution >= 4 is 22.4 Å². The minimum Gasteiger partial charge on any atom is -0.493 e. The van der Waals surface area contributed by atoms with E-state index in [0.29, 0.717) is 22.7 Å². The van der Waals surface area contributed by atoms with Gasteiger partial charge in [0, 0.05) is 17.6 Å².